The summed E-state index contributed by atoms with van der Waals surface area (Å²) in [7, 11) is -3.76. The minimum absolute atomic E-state index is 0.00621. The van der Waals surface area contributed by atoms with Crippen LogP contribution in [0.25, 0.3) is 0 Å². The van der Waals surface area contributed by atoms with Crippen LogP contribution >= 0.6 is 0 Å². The lowest BCUT2D eigenvalue weighted by Gasteiger charge is -2.35. The van der Waals surface area contributed by atoms with E-state index in [1.807, 2.05) is 6.07 Å². The third kappa shape index (κ3) is 2.83. The van der Waals surface area contributed by atoms with Gasteiger partial charge in [0.25, 0.3) is 0 Å². The van der Waals surface area contributed by atoms with Crippen LogP contribution in [0.15, 0.2) is 29.2 Å². The van der Waals surface area contributed by atoms with Crippen LogP contribution in [0.4, 0.5) is 0 Å². The smallest absolute Gasteiger partial charge is 0.244 e. The highest BCUT2D eigenvalue weighted by Crippen LogP contribution is 2.23. The Morgan fingerprint density at radius 3 is 2.80 bits per heavy atom. The monoisotopic (exact) mass is 296 g/mol. The van der Waals surface area contributed by atoms with E-state index >= 15 is 0 Å². The maximum Gasteiger partial charge on any atom is 0.244 e. The van der Waals surface area contributed by atoms with Crippen LogP contribution in [-0.2, 0) is 14.8 Å². The topological polar surface area (TPSA) is 90.6 Å². The first-order valence-corrected chi connectivity index (χ1v) is 7.68. The Morgan fingerprint density at radius 2 is 2.15 bits per heavy atom. The van der Waals surface area contributed by atoms with E-state index < -0.39 is 16.1 Å². The summed E-state index contributed by atoms with van der Waals surface area (Å²) in [5.41, 5.74) is 0.118. The Morgan fingerprint density at radius 1 is 1.45 bits per heavy atom. The van der Waals surface area contributed by atoms with Gasteiger partial charge in [-0.15, -0.1) is 0 Å². The molecular weight excluding hydrogens is 280 g/mol. The van der Waals surface area contributed by atoms with Crippen molar-refractivity contribution in [3.05, 3.63) is 29.8 Å². The van der Waals surface area contributed by atoms with Crippen LogP contribution in [0.3, 0.4) is 0 Å². The molecule has 0 amide bonds. The zero-order valence-corrected chi connectivity index (χ0v) is 11.9. The Balaban J connectivity index is 2.37. The fraction of sp³-hybridized carbons (Fsp3) is 0.462. The number of nitriles is 1. The van der Waals surface area contributed by atoms with Crippen molar-refractivity contribution in [2.24, 2.45) is 0 Å². The van der Waals surface area contributed by atoms with Gasteiger partial charge in [-0.05, 0) is 19.1 Å². The van der Waals surface area contributed by atoms with Gasteiger partial charge in [0.05, 0.1) is 29.3 Å². The van der Waals surface area contributed by atoms with Crippen LogP contribution in [-0.4, -0.2) is 49.7 Å². The van der Waals surface area contributed by atoms with E-state index in [1.165, 1.54) is 16.4 Å². The molecule has 6 nitrogen and oxygen atoms in total. The highest BCUT2D eigenvalue weighted by molar-refractivity contribution is 7.89. The molecule has 0 aliphatic carbocycles. The molecule has 1 N–H and O–H groups in total. The Bertz CT molecular complexity index is 624. The fourth-order valence-corrected chi connectivity index (χ4v) is 3.91. The molecule has 0 aromatic heterocycles. The van der Waals surface area contributed by atoms with Crippen LogP contribution in [0, 0.1) is 11.3 Å². The van der Waals surface area contributed by atoms with Gasteiger partial charge in [-0.1, -0.05) is 12.1 Å². The lowest BCUT2D eigenvalue weighted by molar-refractivity contribution is -0.0750. The van der Waals surface area contributed by atoms with Crippen LogP contribution in [0.2, 0.25) is 0 Å². The van der Waals surface area contributed by atoms with Gasteiger partial charge in [-0.25, -0.2) is 8.42 Å². The molecule has 2 rings (SSSR count). The maximum atomic E-state index is 12.6. The number of benzene rings is 1. The van der Waals surface area contributed by atoms with Crippen molar-refractivity contribution in [3.63, 3.8) is 0 Å². The Hall–Kier alpha value is -1.46. The molecule has 2 atom stereocenters. The summed E-state index contributed by atoms with van der Waals surface area (Å²) in [6.07, 6.45) is -0.840. The maximum absolute atomic E-state index is 12.6. The first-order valence-electron chi connectivity index (χ1n) is 6.24. The molecule has 1 aromatic rings. The van der Waals surface area contributed by atoms with Gasteiger partial charge < -0.3 is 9.84 Å². The number of aliphatic hydroxyl groups is 1. The Labute approximate surface area is 118 Å². The summed E-state index contributed by atoms with van der Waals surface area (Å²) in [6.45, 7) is 1.80. The molecular formula is C13H16N2O4S. The zero-order chi connectivity index (χ0) is 14.8. The molecule has 1 aromatic carbocycles. The summed E-state index contributed by atoms with van der Waals surface area (Å²) in [4.78, 5) is -0.00621. The number of sulfonamides is 1. The third-order valence-electron chi connectivity index (χ3n) is 3.12. The second kappa shape index (κ2) is 5.89. The second-order valence-corrected chi connectivity index (χ2v) is 6.59. The van der Waals surface area contributed by atoms with Crippen molar-refractivity contribution in [2.75, 3.05) is 19.7 Å². The minimum Gasteiger partial charge on any atom is -0.394 e. The highest BCUT2D eigenvalue weighted by atomic mass is 32.2. The van der Waals surface area contributed by atoms with Crippen LogP contribution in [0.5, 0.6) is 0 Å². The molecule has 7 heteroatoms. The predicted molar refractivity (Wildman–Crippen MR) is 71.3 cm³/mol. The van der Waals surface area contributed by atoms with Crippen molar-refractivity contribution in [1.29, 1.82) is 5.26 Å². The molecule has 2 unspecified atom stereocenters. The van der Waals surface area contributed by atoms with Crippen molar-refractivity contribution in [3.8, 4) is 6.07 Å². The number of nitrogens with zero attached hydrogens (tertiary/aromatic N) is 2. The highest BCUT2D eigenvalue weighted by Gasteiger charge is 2.34. The SMILES string of the molecule is CC1CN(S(=O)(=O)c2ccccc2C#N)CC(CO)O1. The minimum atomic E-state index is -3.76. The van der Waals surface area contributed by atoms with Gasteiger partial charge in [0.15, 0.2) is 0 Å². The summed E-state index contributed by atoms with van der Waals surface area (Å²) in [5.74, 6) is 0. The number of ether oxygens (including phenoxy) is 1. The standard InChI is InChI=1S/C13H16N2O4S/c1-10-7-15(8-12(9-16)19-10)20(17,18)13-5-3-2-4-11(13)6-14/h2-5,10,12,16H,7-9H2,1H3. The molecule has 0 radical (unpaired) electrons. The average Bonchev–Trinajstić information content (AvgIpc) is 2.46. The summed E-state index contributed by atoms with van der Waals surface area (Å²) < 4.78 is 31.9. The predicted octanol–water partition coefficient (Wildman–Crippen LogP) is 0.329. The lowest BCUT2D eigenvalue weighted by Crippen LogP contribution is -2.50. The van der Waals surface area contributed by atoms with Gasteiger partial charge in [-0.3, -0.25) is 0 Å². The van der Waals surface area contributed by atoms with Crippen molar-refractivity contribution >= 4 is 10.0 Å². The molecule has 0 bridgehead atoms. The van der Waals surface area contributed by atoms with Crippen LogP contribution in [0.1, 0.15) is 12.5 Å². The van der Waals surface area contributed by atoms with E-state index in [0.29, 0.717) is 0 Å². The average molecular weight is 296 g/mol. The van der Waals surface area contributed by atoms with Crippen molar-refractivity contribution in [1.82, 2.24) is 4.31 Å². The largest absolute Gasteiger partial charge is 0.394 e. The summed E-state index contributed by atoms with van der Waals surface area (Å²) in [5, 5.41) is 18.2. The molecule has 1 aliphatic rings. The first-order chi connectivity index (χ1) is 9.48. The van der Waals surface area contributed by atoms with E-state index in [2.05, 4.69) is 0 Å². The second-order valence-electron chi connectivity index (χ2n) is 4.68. The van der Waals surface area contributed by atoms with Gasteiger partial charge in [-0.2, -0.15) is 9.57 Å². The number of hydrogen-bond acceptors (Lipinski definition) is 5. The number of rotatable bonds is 3. The molecule has 1 aliphatic heterocycles. The van der Waals surface area contributed by atoms with E-state index in [4.69, 9.17) is 15.1 Å². The van der Waals surface area contributed by atoms with Gasteiger partial charge in [0, 0.05) is 13.1 Å². The van der Waals surface area contributed by atoms with E-state index in [-0.39, 0.29) is 36.3 Å². The molecule has 20 heavy (non-hydrogen) atoms. The lowest BCUT2D eigenvalue weighted by atomic mass is 10.2. The molecule has 0 spiro atoms. The number of aliphatic hydroxyl groups excluding tert-OH is 1. The van der Waals surface area contributed by atoms with E-state index in [1.54, 1.807) is 19.1 Å². The fourth-order valence-electron chi connectivity index (χ4n) is 2.22. The quantitative estimate of drug-likeness (QED) is 0.868. The molecule has 108 valence electrons. The van der Waals surface area contributed by atoms with Gasteiger partial charge >= 0.3 is 0 Å². The van der Waals surface area contributed by atoms with E-state index in [9.17, 15) is 8.42 Å². The van der Waals surface area contributed by atoms with Crippen molar-refractivity contribution in [2.45, 2.75) is 24.0 Å². The first kappa shape index (κ1) is 14.9. The summed E-state index contributed by atoms with van der Waals surface area (Å²) in [6, 6.07) is 7.99. The van der Waals surface area contributed by atoms with Crippen molar-refractivity contribution < 1.29 is 18.3 Å². The molecule has 1 heterocycles. The molecule has 1 fully saturated rings. The van der Waals surface area contributed by atoms with E-state index in [0.717, 1.165) is 0 Å². The third-order valence-corrected chi connectivity index (χ3v) is 5.01. The number of morpholine rings is 1. The summed E-state index contributed by atoms with van der Waals surface area (Å²) >= 11 is 0. The number of hydrogen-bond donors (Lipinski definition) is 1. The van der Waals surface area contributed by atoms with Gasteiger partial charge in [0.2, 0.25) is 10.0 Å². The Kier molecular flexibility index (Phi) is 4.40. The molecule has 1 saturated heterocycles. The van der Waals surface area contributed by atoms with Crippen LogP contribution < -0.4 is 0 Å². The normalized spacial score (nSPS) is 24.2. The zero-order valence-electron chi connectivity index (χ0n) is 11.1. The molecule has 0 saturated carbocycles. The van der Waals surface area contributed by atoms with Gasteiger partial charge in [0.1, 0.15) is 6.07 Å².